The topological polar surface area (TPSA) is 37.4 Å². The molecule has 0 N–H and O–H groups in total. The molecule has 0 bridgehead atoms. The summed E-state index contributed by atoms with van der Waals surface area (Å²) in [6.45, 7) is 1.80. The van der Waals surface area contributed by atoms with Crippen molar-refractivity contribution in [3.05, 3.63) is 33.8 Å². The second-order valence-electron chi connectivity index (χ2n) is 3.88. The summed E-state index contributed by atoms with van der Waals surface area (Å²) in [5.41, 5.74) is 0.874. The minimum Gasteiger partial charge on any atom is -0.341 e. The quantitative estimate of drug-likeness (QED) is 0.791. The van der Waals surface area contributed by atoms with Crippen LogP contribution in [0.1, 0.15) is 18.9 Å². The van der Waals surface area contributed by atoms with E-state index in [1.807, 2.05) is 0 Å². The Morgan fingerprint density at radius 1 is 1.24 bits per heavy atom. The lowest BCUT2D eigenvalue weighted by Crippen LogP contribution is -2.27. The molecule has 92 valence electrons. The van der Waals surface area contributed by atoms with Crippen molar-refractivity contribution in [1.29, 1.82) is 0 Å². The highest BCUT2D eigenvalue weighted by Gasteiger charge is 2.11. The maximum absolute atomic E-state index is 11.6. The number of rotatable bonds is 4. The van der Waals surface area contributed by atoms with Crippen LogP contribution in [0.4, 0.5) is 0 Å². The molecule has 0 aromatic heterocycles. The Morgan fingerprint density at radius 3 is 2.41 bits per heavy atom. The van der Waals surface area contributed by atoms with E-state index in [0.29, 0.717) is 16.6 Å². The fraction of sp³-hybridized carbons (Fsp3) is 0.333. The molecule has 0 radical (unpaired) electrons. The molecule has 0 unspecified atom stereocenters. The first-order valence-corrected chi connectivity index (χ1v) is 5.83. The Balaban J connectivity index is 2.67. The normalized spacial score (nSPS) is 10.1. The summed E-state index contributed by atoms with van der Waals surface area (Å²) < 4.78 is 0. The molecular formula is C12H13Cl2NO2. The Bertz CT molecular complexity index is 446. The first kappa shape index (κ1) is 14.0. The summed E-state index contributed by atoms with van der Waals surface area (Å²) in [6, 6.07) is 5.19. The third-order valence-electron chi connectivity index (χ3n) is 2.23. The van der Waals surface area contributed by atoms with Crippen molar-refractivity contribution in [3.63, 3.8) is 0 Å². The highest BCUT2D eigenvalue weighted by atomic mass is 35.5. The van der Waals surface area contributed by atoms with Crippen molar-refractivity contribution < 1.29 is 9.59 Å². The lowest BCUT2D eigenvalue weighted by molar-refractivity contribution is -0.134. The summed E-state index contributed by atoms with van der Waals surface area (Å²) in [7, 11) is 1.65. The molecule has 1 rings (SSSR count). The standard InChI is InChI=1S/C12H13Cl2NO2/c1-8(16)5-12(17)15(2)7-9-3-4-10(13)11(14)6-9/h3-4,6H,5,7H2,1-2H3. The zero-order chi connectivity index (χ0) is 13.0. The van der Waals surface area contributed by atoms with Crippen LogP contribution in [0.3, 0.4) is 0 Å². The molecule has 0 fully saturated rings. The number of benzene rings is 1. The van der Waals surface area contributed by atoms with E-state index in [1.165, 1.54) is 11.8 Å². The van der Waals surface area contributed by atoms with Crippen LogP contribution in [0.25, 0.3) is 0 Å². The van der Waals surface area contributed by atoms with Crippen LogP contribution in [0, 0.1) is 0 Å². The number of ketones is 1. The van der Waals surface area contributed by atoms with E-state index >= 15 is 0 Å². The number of hydrogen-bond acceptors (Lipinski definition) is 2. The van der Waals surface area contributed by atoms with Crippen molar-refractivity contribution in [1.82, 2.24) is 4.90 Å². The highest BCUT2D eigenvalue weighted by Crippen LogP contribution is 2.23. The molecule has 17 heavy (non-hydrogen) atoms. The number of nitrogens with zero attached hydrogens (tertiary/aromatic N) is 1. The molecule has 0 heterocycles. The summed E-state index contributed by atoms with van der Waals surface area (Å²) in [6.07, 6.45) is -0.0716. The number of carbonyl (C=O) groups is 2. The molecule has 0 aliphatic heterocycles. The fourth-order valence-electron chi connectivity index (χ4n) is 1.35. The smallest absolute Gasteiger partial charge is 0.230 e. The summed E-state index contributed by atoms with van der Waals surface area (Å²) in [4.78, 5) is 23.9. The molecule has 0 aliphatic carbocycles. The van der Waals surface area contributed by atoms with E-state index in [-0.39, 0.29) is 18.1 Å². The predicted molar refractivity (Wildman–Crippen MR) is 68.2 cm³/mol. The lowest BCUT2D eigenvalue weighted by atomic mass is 10.2. The van der Waals surface area contributed by atoms with Crippen molar-refractivity contribution >= 4 is 34.9 Å². The van der Waals surface area contributed by atoms with E-state index in [2.05, 4.69) is 0 Å². The molecule has 0 atom stereocenters. The van der Waals surface area contributed by atoms with Gasteiger partial charge in [-0.05, 0) is 24.6 Å². The van der Waals surface area contributed by atoms with Crippen LogP contribution in [-0.2, 0) is 16.1 Å². The number of carbonyl (C=O) groups excluding carboxylic acids is 2. The zero-order valence-electron chi connectivity index (χ0n) is 9.67. The molecule has 5 heteroatoms. The molecule has 1 amide bonds. The molecule has 0 aliphatic rings. The zero-order valence-corrected chi connectivity index (χ0v) is 11.2. The molecule has 0 saturated carbocycles. The van der Waals surface area contributed by atoms with Gasteiger partial charge in [0.1, 0.15) is 5.78 Å². The largest absolute Gasteiger partial charge is 0.341 e. The van der Waals surface area contributed by atoms with E-state index < -0.39 is 0 Å². The van der Waals surface area contributed by atoms with Gasteiger partial charge in [0.25, 0.3) is 0 Å². The third-order valence-corrected chi connectivity index (χ3v) is 2.97. The van der Waals surface area contributed by atoms with Crippen LogP contribution in [0.15, 0.2) is 18.2 Å². The minimum atomic E-state index is -0.205. The average Bonchev–Trinajstić information content (AvgIpc) is 2.22. The van der Waals surface area contributed by atoms with Gasteiger partial charge in [0.05, 0.1) is 16.5 Å². The molecular weight excluding hydrogens is 261 g/mol. The van der Waals surface area contributed by atoms with Gasteiger partial charge in [0.2, 0.25) is 5.91 Å². The maximum atomic E-state index is 11.6. The number of Topliss-reactive ketones (excluding diaryl/α,β-unsaturated/α-hetero) is 1. The van der Waals surface area contributed by atoms with Crippen molar-refractivity contribution in [2.75, 3.05) is 7.05 Å². The van der Waals surface area contributed by atoms with Crippen molar-refractivity contribution in [2.24, 2.45) is 0 Å². The van der Waals surface area contributed by atoms with Gasteiger partial charge in [0, 0.05) is 13.6 Å². The monoisotopic (exact) mass is 273 g/mol. The third kappa shape index (κ3) is 4.36. The van der Waals surface area contributed by atoms with Gasteiger partial charge in [-0.1, -0.05) is 29.3 Å². The fourth-order valence-corrected chi connectivity index (χ4v) is 1.67. The van der Waals surface area contributed by atoms with Gasteiger partial charge in [-0.25, -0.2) is 0 Å². The number of halogens is 2. The van der Waals surface area contributed by atoms with Gasteiger partial charge in [-0.2, -0.15) is 0 Å². The van der Waals surface area contributed by atoms with E-state index in [4.69, 9.17) is 23.2 Å². The molecule has 0 spiro atoms. The number of amides is 1. The Hall–Kier alpha value is -1.06. The number of hydrogen-bond donors (Lipinski definition) is 0. The summed E-state index contributed by atoms with van der Waals surface area (Å²) in [5, 5.41) is 0.935. The van der Waals surface area contributed by atoms with Crippen LogP contribution >= 0.6 is 23.2 Å². The molecule has 0 saturated heterocycles. The van der Waals surface area contributed by atoms with Gasteiger partial charge in [0.15, 0.2) is 0 Å². The summed E-state index contributed by atoms with van der Waals surface area (Å²) in [5.74, 6) is -0.348. The van der Waals surface area contributed by atoms with Crippen LogP contribution in [0.5, 0.6) is 0 Å². The SMILES string of the molecule is CC(=O)CC(=O)N(C)Cc1ccc(Cl)c(Cl)c1. The summed E-state index contributed by atoms with van der Waals surface area (Å²) >= 11 is 11.7. The predicted octanol–water partition coefficient (Wildman–Crippen LogP) is 2.93. The van der Waals surface area contributed by atoms with E-state index in [1.54, 1.807) is 25.2 Å². The second-order valence-corrected chi connectivity index (χ2v) is 4.69. The van der Waals surface area contributed by atoms with E-state index in [0.717, 1.165) is 5.56 Å². The Kier molecular flexibility index (Phi) is 4.97. The van der Waals surface area contributed by atoms with Crippen molar-refractivity contribution in [2.45, 2.75) is 19.9 Å². The Labute approximate surface area is 110 Å². The van der Waals surface area contributed by atoms with Gasteiger partial charge >= 0.3 is 0 Å². The second kappa shape index (κ2) is 6.03. The van der Waals surface area contributed by atoms with Gasteiger partial charge in [-0.3, -0.25) is 9.59 Å². The first-order chi connectivity index (χ1) is 7.90. The van der Waals surface area contributed by atoms with E-state index in [9.17, 15) is 9.59 Å². The van der Waals surface area contributed by atoms with Gasteiger partial charge < -0.3 is 4.90 Å². The Morgan fingerprint density at radius 2 is 1.88 bits per heavy atom. The molecule has 3 nitrogen and oxygen atoms in total. The molecule has 1 aromatic rings. The van der Waals surface area contributed by atoms with Gasteiger partial charge in [-0.15, -0.1) is 0 Å². The first-order valence-electron chi connectivity index (χ1n) is 5.07. The minimum absolute atomic E-state index is 0.0716. The lowest BCUT2D eigenvalue weighted by Gasteiger charge is -2.16. The maximum Gasteiger partial charge on any atom is 0.230 e. The molecule has 1 aromatic carbocycles. The van der Waals surface area contributed by atoms with Crippen molar-refractivity contribution in [3.8, 4) is 0 Å². The van der Waals surface area contributed by atoms with Crippen LogP contribution in [-0.4, -0.2) is 23.6 Å². The van der Waals surface area contributed by atoms with Crippen LogP contribution in [0.2, 0.25) is 10.0 Å². The van der Waals surface area contributed by atoms with Crippen LogP contribution < -0.4 is 0 Å². The highest BCUT2D eigenvalue weighted by molar-refractivity contribution is 6.42. The average molecular weight is 274 g/mol.